The Morgan fingerprint density at radius 2 is 1.74 bits per heavy atom. The molecule has 5 nitrogen and oxygen atoms in total. The number of phenols is 1. The maximum Gasteiger partial charge on any atom is 0.311 e. The molecule has 5 heteroatoms. The molecule has 3 aromatic rings. The van der Waals surface area contributed by atoms with Crippen LogP contribution in [-0.4, -0.2) is 16.2 Å². The van der Waals surface area contributed by atoms with Gasteiger partial charge in [-0.3, -0.25) is 15.1 Å². The van der Waals surface area contributed by atoms with Crippen LogP contribution in [0.4, 0.5) is 11.4 Å². The van der Waals surface area contributed by atoms with Crippen LogP contribution in [-0.2, 0) is 6.42 Å². The number of aryl methyl sites for hydroxylation is 2. The first kappa shape index (κ1) is 18.3. The van der Waals surface area contributed by atoms with E-state index in [1.807, 2.05) is 62.4 Å². The van der Waals surface area contributed by atoms with Gasteiger partial charge in [-0.15, -0.1) is 0 Å². The number of aliphatic imine (C=N–C) groups is 1. The van der Waals surface area contributed by atoms with Crippen LogP contribution in [0.25, 0.3) is 0 Å². The van der Waals surface area contributed by atoms with Crippen molar-refractivity contribution in [3.63, 3.8) is 0 Å². The molecule has 0 aliphatic rings. The van der Waals surface area contributed by atoms with Crippen LogP contribution in [0.2, 0.25) is 0 Å². The summed E-state index contributed by atoms with van der Waals surface area (Å²) in [6.45, 7) is 4.02. The summed E-state index contributed by atoms with van der Waals surface area (Å²) < 4.78 is 0. The molecule has 0 bridgehead atoms. The fourth-order valence-electron chi connectivity index (χ4n) is 2.82. The van der Waals surface area contributed by atoms with E-state index in [1.54, 1.807) is 6.07 Å². The largest absolute Gasteiger partial charge is 0.502 e. The van der Waals surface area contributed by atoms with Crippen LogP contribution in [0.5, 0.6) is 5.75 Å². The summed E-state index contributed by atoms with van der Waals surface area (Å²) in [7, 11) is 0. The molecule has 1 N–H and O–H groups in total. The van der Waals surface area contributed by atoms with E-state index in [0.717, 1.165) is 27.9 Å². The number of aromatic hydroxyl groups is 1. The van der Waals surface area contributed by atoms with Crippen molar-refractivity contribution >= 4 is 17.6 Å². The lowest BCUT2D eigenvalue weighted by Crippen LogP contribution is -1.97. The monoisotopic (exact) mass is 360 g/mol. The minimum atomic E-state index is -0.572. The average Bonchev–Trinajstić information content (AvgIpc) is 2.65. The van der Waals surface area contributed by atoms with Crippen molar-refractivity contribution < 1.29 is 10.0 Å². The predicted octanol–water partition coefficient (Wildman–Crippen LogP) is 5.26. The highest BCUT2D eigenvalue weighted by Gasteiger charge is 2.18. The lowest BCUT2D eigenvalue weighted by atomic mass is 10.0. The molecule has 0 heterocycles. The average molecular weight is 360 g/mol. The molecule has 0 atom stereocenters. The number of phenolic OH excluding ortho intramolecular Hbond substituents is 1. The van der Waals surface area contributed by atoms with Crippen molar-refractivity contribution in [2.24, 2.45) is 4.99 Å². The molecule has 3 aromatic carbocycles. The van der Waals surface area contributed by atoms with Crippen LogP contribution >= 0.6 is 0 Å². The third-order valence-corrected chi connectivity index (χ3v) is 4.47. The van der Waals surface area contributed by atoms with Gasteiger partial charge >= 0.3 is 5.69 Å². The second-order valence-corrected chi connectivity index (χ2v) is 6.50. The zero-order valence-electron chi connectivity index (χ0n) is 15.2. The molecule has 0 saturated carbocycles. The fraction of sp³-hybridized carbons (Fsp3) is 0.136. The number of nitro groups is 1. The van der Waals surface area contributed by atoms with Crippen LogP contribution < -0.4 is 0 Å². The smallest absolute Gasteiger partial charge is 0.311 e. The Bertz CT molecular complexity index is 1010. The molecule has 0 unspecified atom stereocenters. The van der Waals surface area contributed by atoms with Crippen molar-refractivity contribution in [3.05, 3.63) is 98.6 Å². The Balaban J connectivity index is 1.98. The van der Waals surface area contributed by atoms with Crippen molar-refractivity contribution in [1.29, 1.82) is 0 Å². The first-order valence-electron chi connectivity index (χ1n) is 8.59. The molecule has 0 amide bonds. The van der Waals surface area contributed by atoms with Crippen molar-refractivity contribution in [2.75, 3.05) is 0 Å². The number of rotatable bonds is 5. The van der Waals surface area contributed by atoms with Gasteiger partial charge in [-0.2, -0.15) is 0 Å². The van der Waals surface area contributed by atoms with Crippen molar-refractivity contribution in [2.45, 2.75) is 20.3 Å². The van der Waals surface area contributed by atoms with E-state index in [1.165, 1.54) is 12.3 Å². The van der Waals surface area contributed by atoms with E-state index < -0.39 is 4.92 Å². The zero-order chi connectivity index (χ0) is 19.4. The van der Waals surface area contributed by atoms with E-state index in [2.05, 4.69) is 4.99 Å². The number of nitrogens with zero attached hydrogens (tertiary/aromatic N) is 2. The Hall–Kier alpha value is -3.47. The van der Waals surface area contributed by atoms with E-state index in [9.17, 15) is 15.2 Å². The molecule has 0 aliphatic heterocycles. The Labute approximate surface area is 157 Å². The molecule has 0 saturated heterocycles. The van der Waals surface area contributed by atoms with Gasteiger partial charge < -0.3 is 5.11 Å². The van der Waals surface area contributed by atoms with Gasteiger partial charge in [0.2, 0.25) is 5.75 Å². The highest BCUT2D eigenvalue weighted by molar-refractivity contribution is 5.88. The predicted molar refractivity (Wildman–Crippen MR) is 107 cm³/mol. The molecule has 136 valence electrons. The van der Waals surface area contributed by atoms with Crippen molar-refractivity contribution in [3.8, 4) is 5.75 Å². The van der Waals surface area contributed by atoms with Gasteiger partial charge in [-0.25, -0.2) is 0 Å². The summed E-state index contributed by atoms with van der Waals surface area (Å²) in [6.07, 6.45) is 2.01. The standard InChI is InChI=1S/C22H20N2O3/c1-15-8-9-20(10-16(15)2)23-14-19-12-18(11-17-6-4-3-5-7-17)13-21(22(19)25)24(26)27/h3-10,12-14,25H,11H2,1-2H3. The van der Waals surface area contributed by atoms with E-state index in [0.29, 0.717) is 12.0 Å². The summed E-state index contributed by atoms with van der Waals surface area (Å²) in [4.78, 5) is 15.1. The summed E-state index contributed by atoms with van der Waals surface area (Å²) in [5.74, 6) is -0.371. The summed E-state index contributed by atoms with van der Waals surface area (Å²) in [6, 6.07) is 18.6. The number of benzene rings is 3. The third kappa shape index (κ3) is 4.39. The summed E-state index contributed by atoms with van der Waals surface area (Å²) in [5.41, 5.74) is 4.80. The van der Waals surface area contributed by atoms with Crippen LogP contribution in [0, 0.1) is 24.0 Å². The second kappa shape index (κ2) is 7.83. The Kier molecular flexibility index (Phi) is 5.31. The normalized spacial score (nSPS) is 11.0. The molecule has 0 aromatic heterocycles. The Morgan fingerprint density at radius 1 is 1.00 bits per heavy atom. The first-order chi connectivity index (χ1) is 12.9. The maximum absolute atomic E-state index is 11.3. The first-order valence-corrected chi connectivity index (χ1v) is 8.59. The minimum absolute atomic E-state index is 0.315. The molecule has 0 radical (unpaired) electrons. The van der Waals surface area contributed by atoms with Crippen LogP contribution in [0.1, 0.15) is 27.8 Å². The lowest BCUT2D eigenvalue weighted by molar-refractivity contribution is -0.385. The van der Waals surface area contributed by atoms with Gasteiger partial charge in [0.15, 0.2) is 0 Å². The highest BCUT2D eigenvalue weighted by atomic mass is 16.6. The highest BCUT2D eigenvalue weighted by Crippen LogP contribution is 2.31. The van der Waals surface area contributed by atoms with Crippen molar-refractivity contribution in [1.82, 2.24) is 0 Å². The van der Waals surface area contributed by atoms with E-state index in [-0.39, 0.29) is 11.4 Å². The quantitative estimate of drug-likeness (QED) is 0.383. The van der Waals surface area contributed by atoms with Gasteiger partial charge in [0.05, 0.1) is 10.6 Å². The topological polar surface area (TPSA) is 75.7 Å². The molecule has 0 spiro atoms. The van der Waals surface area contributed by atoms with Gasteiger partial charge in [-0.05, 0) is 60.7 Å². The lowest BCUT2D eigenvalue weighted by Gasteiger charge is -2.07. The number of hydrogen-bond acceptors (Lipinski definition) is 4. The zero-order valence-corrected chi connectivity index (χ0v) is 15.2. The molecular weight excluding hydrogens is 340 g/mol. The van der Waals surface area contributed by atoms with Crippen LogP contribution in [0.3, 0.4) is 0 Å². The van der Waals surface area contributed by atoms with Gasteiger partial charge in [-0.1, -0.05) is 36.4 Å². The fourth-order valence-corrected chi connectivity index (χ4v) is 2.82. The third-order valence-electron chi connectivity index (χ3n) is 4.47. The molecule has 0 fully saturated rings. The molecule has 3 rings (SSSR count). The number of nitro benzene ring substituents is 1. The maximum atomic E-state index is 11.3. The van der Waals surface area contributed by atoms with E-state index in [4.69, 9.17) is 0 Å². The SMILES string of the molecule is Cc1ccc(N=Cc2cc(Cc3ccccc3)cc([N+](=O)[O-])c2O)cc1C. The summed E-state index contributed by atoms with van der Waals surface area (Å²) in [5, 5.41) is 21.6. The van der Waals surface area contributed by atoms with Gasteiger partial charge in [0.1, 0.15) is 0 Å². The van der Waals surface area contributed by atoms with E-state index >= 15 is 0 Å². The second-order valence-electron chi connectivity index (χ2n) is 6.50. The Morgan fingerprint density at radius 3 is 2.41 bits per heavy atom. The van der Waals surface area contributed by atoms with Gasteiger partial charge in [0.25, 0.3) is 0 Å². The minimum Gasteiger partial charge on any atom is -0.502 e. The molecule has 27 heavy (non-hydrogen) atoms. The van der Waals surface area contributed by atoms with Crippen LogP contribution in [0.15, 0.2) is 65.7 Å². The summed E-state index contributed by atoms with van der Waals surface area (Å²) >= 11 is 0. The molecule has 0 aliphatic carbocycles. The molecular formula is C22H20N2O3. The van der Waals surface area contributed by atoms with Gasteiger partial charge in [0, 0.05) is 17.8 Å². The number of hydrogen-bond donors (Lipinski definition) is 1.